The van der Waals surface area contributed by atoms with Crippen molar-refractivity contribution in [3.63, 3.8) is 0 Å². The first-order valence-corrected chi connectivity index (χ1v) is 6.55. The minimum atomic E-state index is -0.218. The van der Waals surface area contributed by atoms with Gasteiger partial charge in [0.25, 0.3) is 0 Å². The fourth-order valence-electron chi connectivity index (χ4n) is 1.84. The van der Waals surface area contributed by atoms with E-state index >= 15 is 0 Å². The summed E-state index contributed by atoms with van der Waals surface area (Å²) in [6.45, 7) is 3.44. The molecule has 98 valence electrons. The predicted octanol–water partition coefficient (Wildman–Crippen LogP) is 2.24. The standard InChI is InChI=1S/C13H18ClN3O/c1-10(18)3-2-6-15-7-12-9-17-8-11(14)4-5-13(17)16-12/h4-5,8-10,15,18H,2-3,6-7H2,1H3. The highest BCUT2D eigenvalue weighted by Gasteiger charge is 2.01. The molecule has 5 heteroatoms. The molecule has 0 amide bonds. The Hall–Kier alpha value is -1.10. The highest BCUT2D eigenvalue weighted by molar-refractivity contribution is 6.30. The van der Waals surface area contributed by atoms with Gasteiger partial charge in [-0.15, -0.1) is 0 Å². The Morgan fingerprint density at radius 3 is 3.06 bits per heavy atom. The molecular formula is C13H18ClN3O. The van der Waals surface area contributed by atoms with Gasteiger partial charge in [-0.05, 0) is 38.4 Å². The average Bonchev–Trinajstić information content (AvgIpc) is 2.70. The fourth-order valence-corrected chi connectivity index (χ4v) is 2.01. The van der Waals surface area contributed by atoms with Gasteiger partial charge < -0.3 is 14.8 Å². The van der Waals surface area contributed by atoms with Crippen molar-refractivity contribution in [2.75, 3.05) is 6.54 Å². The van der Waals surface area contributed by atoms with Crippen LogP contribution in [0, 0.1) is 0 Å². The van der Waals surface area contributed by atoms with E-state index in [2.05, 4.69) is 10.3 Å². The number of hydrogen-bond donors (Lipinski definition) is 2. The Morgan fingerprint density at radius 2 is 2.28 bits per heavy atom. The number of imidazole rings is 1. The molecule has 0 aliphatic carbocycles. The van der Waals surface area contributed by atoms with Crippen molar-refractivity contribution in [1.29, 1.82) is 0 Å². The van der Waals surface area contributed by atoms with Crippen molar-refractivity contribution >= 4 is 17.2 Å². The largest absolute Gasteiger partial charge is 0.393 e. The molecule has 18 heavy (non-hydrogen) atoms. The van der Waals surface area contributed by atoms with Gasteiger partial charge in [0.1, 0.15) is 5.65 Å². The van der Waals surface area contributed by atoms with E-state index in [1.807, 2.05) is 35.9 Å². The number of nitrogens with zero attached hydrogens (tertiary/aromatic N) is 2. The van der Waals surface area contributed by atoms with Crippen molar-refractivity contribution in [3.05, 3.63) is 35.2 Å². The first kappa shape index (κ1) is 13.3. The normalized spacial score (nSPS) is 13.1. The number of hydrogen-bond acceptors (Lipinski definition) is 3. The third-order valence-electron chi connectivity index (χ3n) is 2.75. The number of aliphatic hydroxyl groups is 1. The molecule has 2 heterocycles. The van der Waals surface area contributed by atoms with Gasteiger partial charge in [-0.2, -0.15) is 0 Å². The van der Waals surface area contributed by atoms with Gasteiger partial charge in [0, 0.05) is 18.9 Å². The van der Waals surface area contributed by atoms with E-state index in [9.17, 15) is 0 Å². The summed E-state index contributed by atoms with van der Waals surface area (Å²) < 4.78 is 1.93. The van der Waals surface area contributed by atoms with Gasteiger partial charge in [-0.1, -0.05) is 11.6 Å². The molecule has 0 aliphatic heterocycles. The molecule has 0 aromatic carbocycles. The lowest BCUT2D eigenvalue weighted by atomic mass is 10.2. The van der Waals surface area contributed by atoms with Gasteiger partial charge in [0.15, 0.2) is 0 Å². The van der Waals surface area contributed by atoms with Crippen LogP contribution >= 0.6 is 11.6 Å². The Labute approximate surface area is 112 Å². The topological polar surface area (TPSA) is 49.6 Å². The smallest absolute Gasteiger partial charge is 0.137 e. The maximum atomic E-state index is 9.13. The number of pyridine rings is 1. The summed E-state index contributed by atoms with van der Waals surface area (Å²) in [4.78, 5) is 4.48. The average molecular weight is 268 g/mol. The Bertz CT molecular complexity index is 510. The monoisotopic (exact) mass is 267 g/mol. The summed E-state index contributed by atoms with van der Waals surface area (Å²) in [6.07, 6.45) is 5.40. The van der Waals surface area contributed by atoms with Gasteiger partial charge in [0.2, 0.25) is 0 Å². The number of fused-ring (bicyclic) bond motifs is 1. The van der Waals surface area contributed by atoms with Gasteiger partial charge in [-0.25, -0.2) is 4.98 Å². The number of halogens is 1. The quantitative estimate of drug-likeness (QED) is 0.789. The van der Waals surface area contributed by atoms with E-state index in [-0.39, 0.29) is 6.10 Å². The molecule has 1 atom stereocenters. The summed E-state index contributed by atoms with van der Waals surface area (Å²) in [5.41, 5.74) is 1.90. The van der Waals surface area contributed by atoms with Crippen LogP contribution in [0.15, 0.2) is 24.5 Å². The lowest BCUT2D eigenvalue weighted by Crippen LogP contribution is -2.16. The van der Waals surface area contributed by atoms with Crippen molar-refractivity contribution in [3.8, 4) is 0 Å². The summed E-state index contributed by atoms with van der Waals surface area (Å²) in [5, 5.41) is 13.2. The Kier molecular flexibility index (Phi) is 4.58. The van der Waals surface area contributed by atoms with E-state index in [4.69, 9.17) is 16.7 Å². The maximum absolute atomic E-state index is 9.13. The lowest BCUT2D eigenvalue weighted by Gasteiger charge is -2.04. The van der Waals surface area contributed by atoms with Crippen LogP contribution in [0.2, 0.25) is 5.02 Å². The molecule has 2 aromatic heterocycles. The van der Waals surface area contributed by atoms with E-state index in [0.29, 0.717) is 5.02 Å². The summed E-state index contributed by atoms with van der Waals surface area (Å²) in [5.74, 6) is 0. The van der Waals surface area contributed by atoms with Crippen LogP contribution in [-0.4, -0.2) is 27.1 Å². The zero-order chi connectivity index (χ0) is 13.0. The lowest BCUT2D eigenvalue weighted by molar-refractivity contribution is 0.181. The highest BCUT2D eigenvalue weighted by Crippen LogP contribution is 2.11. The first-order chi connectivity index (χ1) is 8.65. The van der Waals surface area contributed by atoms with Crippen molar-refractivity contribution < 1.29 is 5.11 Å². The molecule has 0 saturated heterocycles. The number of aliphatic hydroxyl groups excluding tert-OH is 1. The molecule has 2 N–H and O–H groups in total. The number of nitrogens with one attached hydrogen (secondary N) is 1. The second-order valence-electron chi connectivity index (χ2n) is 4.51. The molecule has 2 aromatic rings. The van der Waals surface area contributed by atoms with E-state index in [1.165, 1.54) is 0 Å². The van der Waals surface area contributed by atoms with Crippen molar-refractivity contribution in [2.24, 2.45) is 0 Å². The minimum Gasteiger partial charge on any atom is -0.393 e. The number of aromatic nitrogens is 2. The molecule has 4 nitrogen and oxygen atoms in total. The van der Waals surface area contributed by atoms with Crippen LogP contribution in [0.25, 0.3) is 5.65 Å². The van der Waals surface area contributed by atoms with Crippen LogP contribution in [0.4, 0.5) is 0 Å². The first-order valence-electron chi connectivity index (χ1n) is 6.17. The maximum Gasteiger partial charge on any atom is 0.137 e. The Morgan fingerprint density at radius 1 is 1.44 bits per heavy atom. The van der Waals surface area contributed by atoms with Crippen LogP contribution in [0.5, 0.6) is 0 Å². The highest BCUT2D eigenvalue weighted by atomic mass is 35.5. The van der Waals surface area contributed by atoms with Gasteiger partial charge in [0.05, 0.1) is 16.8 Å². The zero-order valence-corrected chi connectivity index (χ0v) is 11.2. The molecule has 1 unspecified atom stereocenters. The summed E-state index contributed by atoms with van der Waals surface area (Å²) >= 11 is 5.92. The fraction of sp³-hybridized carbons (Fsp3) is 0.462. The SMILES string of the molecule is CC(O)CCCNCc1cn2cc(Cl)ccc2n1. The van der Waals surface area contributed by atoms with Gasteiger partial charge >= 0.3 is 0 Å². The van der Waals surface area contributed by atoms with Crippen LogP contribution in [-0.2, 0) is 6.54 Å². The third kappa shape index (κ3) is 3.70. The summed E-state index contributed by atoms with van der Waals surface area (Å²) in [6, 6.07) is 3.74. The molecule has 0 fully saturated rings. The number of rotatable bonds is 6. The second kappa shape index (κ2) is 6.18. The molecule has 0 aliphatic rings. The van der Waals surface area contributed by atoms with Gasteiger partial charge in [-0.3, -0.25) is 0 Å². The molecule has 0 saturated carbocycles. The predicted molar refractivity (Wildman–Crippen MR) is 72.8 cm³/mol. The molecular weight excluding hydrogens is 250 g/mol. The van der Waals surface area contributed by atoms with Crippen LogP contribution in [0.3, 0.4) is 0 Å². The zero-order valence-electron chi connectivity index (χ0n) is 10.4. The minimum absolute atomic E-state index is 0.218. The van der Waals surface area contributed by atoms with Crippen molar-refractivity contribution in [2.45, 2.75) is 32.4 Å². The summed E-state index contributed by atoms with van der Waals surface area (Å²) in [7, 11) is 0. The molecule has 0 bridgehead atoms. The molecule has 0 radical (unpaired) electrons. The van der Waals surface area contributed by atoms with E-state index in [1.54, 1.807) is 0 Å². The van der Waals surface area contributed by atoms with Crippen LogP contribution in [0.1, 0.15) is 25.5 Å². The molecule has 2 rings (SSSR count). The second-order valence-corrected chi connectivity index (χ2v) is 4.95. The van der Waals surface area contributed by atoms with Crippen molar-refractivity contribution in [1.82, 2.24) is 14.7 Å². The molecule has 0 spiro atoms. The van der Waals surface area contributed by atoms with Crippen LogP contribution < -0.4 is 5.32 Å². The third-order valence-corrected chi connectivity index (χ3v) is 2.97. The van der Waals surface area contributed by atoms with E-state index in [0.717, 1.165) is 37.3 Å². The Balaban J connectivity index is 1.84. The van der Waals surface area contributed by atoms with E-state index < -0.39 is 0 Å².